The Balaban J connectivity index is 1.65. The van der Waals surface area contributed by atoms with Crippen LogP contribution in [0.25, 0.3) is 0 Å². The van der Waals surface area contributed by atoms with E-state index in [4.69, 9.17) is 0 Å². The number of benzene rings is 3. The molecule has 0 saturated heterocycles. The van der Waals surface area contributed by atoms with Crippen LogP contribution in [-0.4, -0.2) is 8.42 Å². The Morgan fingerprint density at radius 1 is 0.760 bits per heavy atom. The van der Waals surface area contributed by atoms with Crippen LogP contribution in [0.3, 0.4) is 0 Å². The minimum atomic E-state index is -3.56. The summed E-state index contributed by atoms with van der Waals surface area (Å²) in [6, 6.07) is 23.8. The Labute approximate surface area is 148 Å². The molecule has 0 radical (unpaired) electrons. The molecule has 25 heavy (non-hydrogen) atoms. The predicted octanol–water partition coefficient (Wildman–Crippen LogP) is 4.41. The smallest absolute Gasteiger partial charge is 0.261 e. The summed E-state index contributed by atoms with van der Waals surface area (Å²) in [5.41, 5.74) is 3.94. The fraction of sp³-hybridized carbons (Fsp3) is 0.100. The highest BCUT2D eigenvalue weighted by Crippen LogP contribution is 2.19. The normalized spacial score (nSPS) is 11.1. The lowest BCUT2D eigenvalue weighted by Crippen LogP contribution is -2.12. The number of hydrogen-bond acceptors (Lipinski definition) is 3. The quantitative estimate of drug-likeness (QED) is 0.691. The third kappa shape index (κ3) is 4.39. The van der Waals surface area contributed by atoms with Crippen molar-refractivity contribution in [3.63, 3.8) is 0 Å². The molecule has 0 bridgehead atoms. The third-order valence-electron chi connectivity index (χ3n) is 3.93. The Kier molecular flexibility index (Phi) is 5.05. The molecule has 5 heteroatoms. The zero-order valence-electron chi connectivity index (χ0n) is 13.9. The van der Waals surface area contributed by atoms with Crippen LogP contribution in [0, 0.1) is 6.92 Å². The first-order valence-corrected chi connectivity index (χ1v) is 9.49. The topological polar surface area (TPSA) is 58.2 Å². The second-order valence-electron chi connectivity index (χ2n) is 5.78. The molecule has 0 aliphatic rings. The standard InChI is InChI=1S/C20H20N2O2S/c1-16-7-5-6-8-17(16)15-21-18-11-13-19(14-12-18)22-25(23,24)20-9-3-2-4-10-20/h2-14,21-22H,15H2,1H3. The van der Waals surface area contributed by atoms with Gasteiger partial charge in [-0.25, -0.2) is 8.42 Å². The van der Waals surface area contributed by atoms with Crippen LogP contribution in [0.5, 0.6) is 0 Å². The van der Waals surface area contributed by atoms with Crippen LogP contribution in [-0.2, 0) is 16.6 Å². The van der Waals surface area contributed by atoms with Crippen molar-refractivity contribution in [1.29, 1.82) is 0 Å². The summed E-state index contributed by atoms with van der Waals surface area (Å²) in [4.78, 5) is 0.247. The van der Waals surface area contributed by atoms with Gasteiger partial charge in [0.2, 0.25) is 0 Å². The van der Waals surface area contributed by atoms with Crippen molar-refractivity contribution in [3.8, 4) is 0 Å². The van der Waals surface area contributed by atoms with Gasteiger partial charge >= 0.3 is 0 Å². The average Bonchev–Trinajstić information content (AvgIpc) is 2.63. The van der Waals surface area contributed by atoms with Crippen molar-refractivity contribution < 1.29 is 8.42 Å². The summed E-state index contributed by atoms with van der Waals surface area (Å²) in [5.74, 6) is 0. The molecule has 0 saturated carbocycles. The molecule has 3 rings (SSSR count). The van der Waals surface area contributed by atoms with E-state index in [0.717, 1.165) is 12.2 Å². The fourth-order valence-corrected chi connectivity index (χ4v) is 3.56. The van der Waals surface area contributed by atoms with E-state index < -0.39 is 10.0 Å². The van der Waals surface area contributed by atoms with E-state index in [1.165, 1.54) is 11.1 Å². The molecule has 0 spiro atoms. The van der Waals surface area contributed by atoms with Gasteiger partial charge in [0, 0.05) is 17.9 Å². The molecular formula is C20H20N2O2S. The monoisotopic (exact) mass is 352 g/mol. The summed E-state index contributed by atoms with van der Waals surface area (Å²) < 4.78 is 27.2. The van der Waals surface area contributed by atoms with Crippen LogP contribution >= 0.6 is 0 Å². The van der Waals surface area contributed by atoms with Crippen LogP contribution in [0.1, 0.15) is 11.1 Å². The Bertz CT molecular complexity index is 937. The second-order valence-corrected chi connectivity index (χ2v) is 7.46. The average molecular weight is 352 g/mol. The van der Waals surface area contributed by atoms with E-state index in [0.29, 0.717) is 5.69 Å². The van der Waals surface area contributed by atoms with Gasteiger partial charge in [-0.05, 0) is 54.4 Å². The van der Waals surface area contributed by atoms with Gasteiger partial charge in [0.1, 0.15) is 0 Å². The van der Waals surface area contributed by atoms with Crippen LogP contribution < -0.4 is 10.0 Å². The Morgan fingerprint density at radius 3 is 2.04 bits per heavy atom. The van der Waals surface area contributed by atoms with Gasteiger partial charge in [-0.1, -0.05) is 42.5 Å². The molecule has 0 aromatic heterocycles. The van der Waals surface area contributed by atoms with E-state index in [9.17, 15) is 8.42 Å². The number of hydrogen-bond donors (Lipinski definition) is 2. The summed E-state index contributed by atoms with van der Waals surface area (Å²) in [5, 5.41) is 3.35. The number of anilines is 2. The van der Waals surface area contributed by atoms with Gasteiger partial charge in [0.05, 0.1) is 4.90 Å². The van der Waals surface area contributed by atoms with Crippen LogP contribution in [0.15, 0.2) is 83.8 Å². The number of rotatable bonds is 6. The van der Waals surface area contributed by atoms with Crippen molar-refractivity contribution in [3.05, 3.63) is 90.0 Å². The molecule has 0 atom stereocenters. The zero-order valence-corrected chi connectivity index (χ0v) is 14.8. The number of sulfonamides is 1. The molecule has 4 nitrogen and oxygen atoms in total. The fourth-order valence-electron chi connectivity index (χ4n) is 2.48. The molecule has 2 N–H and O–H groups in total. The predicted molar refractivity (Wildman–Crippen MR) is 102 cm³/mol. The number of nitrogens with one attached hydrogen (secondary N) is 2. The maximum Gasteiger partial charge on any atom is 0.261 e. The first-order chi connectivity index (χ1) is 12.0. The maximum absolute atomic E-state index is 12.3. The van der Waals surface area contributed by atoms with Crippen molar-refractivity contribution in [2.24, 2.45) is 0 Å². The Hall–Kier alpha value is -2.79. The van der Waals surface area contributed by atoms with Gasteiger partial charge in [-0.15, -0.1) is 0 Å². The summed E-state index contributed by atoms with van der Waals surface area (Å²) in [6.07, 6.45) is 0. The first kappa shape index (κ1) is 17.0. The van der Waals surface area contributed by atoms with E-state index in [1.807, 2.05) is 24.3 Å². The van der Waals surface area contributed by atoms with Crippen molar-refractivity contribution in [2.45, 2.75) is 18.4 Å². The molecule has 0 fully saturated rings. The maximum atomic E-state index is 12.3. The summed E-state index contributed by atoms with van der Waals surface area (Å²) in [7, 11) is -3.56. The number of aryl methyl sites for hydroxylation is 1. The molecule has 3 aromatic carbocycles. The van der Waals surface area contributed by atoms with Gasteiger partial charge in [-0.3, -0.25) is 4.72 Å². The van der Waals surface area contributed by atoms with Crippen LogP contribution in [0.2, 0.25) is 0 Å². The third-order valence-corrected chi connectivity index (χ3v) is 5.33. The van der Waals surface area contributed by atoms with Gasteiger partial charge in [-0.2, -0.15) is 0 Å². The van der Waals surface area contributed by atoms with Gasteiger partial charge in [0.15, 0.2) is 0 Å². The molecule has 128 valence electrons. The van der Waals surface area contributed by atoms with Gasteiger partial charge < -0.3 is 5.32 Å². The highest BCUT2D eigenvalue weighted by atomic mass is 32.2. The Morgan fingerprint density at radius 2 is 1.36 bits per heavy atom. The molecule has 0 heterocycles. The highest BCUT2D eigenvalue weighted by Gasteiger charge is 2.13. The largest absolute Gasteiger partial charge is 0.381 e. The molecular weight excluding hydrogens is 332 g/mol. The molecule has 0 amide bonds. The molecule has 3 aromatic rings. The minimum Gasteiger partial charge on any atom is -0.381 e. The van der Waals surface area contributed by atoms with E-state index in [-0.39, 0.29) is 4.90 Å². The lowest BCUT2D eigenvalue weighted by Gasteiger charge is -2.11. The zero-order chi connectivity index (χ0) is 17.7. The van der Waals surface area contributed by atoms with Crippen molar-refractivity contribution in [1.82, 2.24) is 0 Å². The lowest BCUT2D eigenvalue weighted by molar-refractivity contribution is 0.601. The molecule has 0 unspecified atom stereocenters. The van der Waals surface area contributed by atoms with E-state index in [2.05, 4.69) is 29.1 Å². The molecule has 0 aliphatic heterocycles. The van der Waals surface area contributed by atoms with Crippen LogP contribution in [0.4, 0.5) is 11.4 Å². The van der Waals surface area contributed by atoms with Crippen molar-refractivity contribution >= 4 is 21.4 Å². The van der Waals surface area contributed by atoms with Gasteiger partial charge in [0.25, 0.3) is 10.0 Å². The van der Waals surface area contributed by atoms with Crippen molar-refractivity contribution in [2.75, 3.05) is 10.0 Å². The SMILES string of the molecule is Cc1ccccc1CNc1ccc(NS(=O)(=O)c2ccccc2)cc1. The van der Waals surface area contributed by atoms with E-state index in [1.54, 1.807) is 42.5 Å². The second kappa shape index (κ2) is 7.40. The van der Waals surface area contributed by atoms with E-state index >= 15 is 0 Å². The summed E-state index contributed by atoms with van der Waals surface area (Å²) >= 11 is 0. The highest BCUT2D eigenvalue weighted by molar-refractivity contribution is 7.92. The summed E-state index contributed by atoms with van der Waals surface area (Å²) in [6.45, 7) is 2.81. The first-order valence-electron chi connectivity index (χ1n) is 8.01. The molecule has 0 aliphatic carbocycles. The lowest BCUT2D eigenvalue weighted by atomic mass is 10.1. The minimum absolute atomic E-state index is 0.247.